The van der Waals surface area contributed by atoms with E-state index in [1.54, 1.807) is 35.7 Å². The zero-order chi connectivity index (χ0) is 29.7. The van der Waals surface area contributed by atoms with Crippen LogP contribution in [-0.4, -0.2) is 41.2 Å². The van der Waals surface area contributed by atoms with Gasteiger partial charge in [0.05, 0.1) is 29.4 Å². The highest BCUT2D eigenvalue weighted by atomic mass is 32.2. The molecule has 0 aliphatic rings. The molecule has 0 spiro atoms. The van der Waals surface area contributed by atoms with E-state index in [9.17, 15) is 13.2 Å². The number of aromatic nitrogens is 4. The lowest BCUT2D eigenvalue weighted by atomic mass is 10.1. The van der Waals surface area contributed by atoms with Gasteiger partial charge in [-0.25, -0.2) is 17.9 Å². The zero-order valence-corrected chi connectivity index (χ0v) is 25.4. The van der Waals surface area contributed by atoms with Gasteiger partial charge in [-0.2, -0.15) is 0 Å². The maximum atomic E-state index is 13.5. The Balaban J connectivity index is 1.71. The summed E-state index contributed by atoms with van der Waals surface area (Å²) in [5.74, 6) is 2.54. The third-order valence-corrected chi connectivity index (χ3v) is 8.06. The summed E-state index contributed by atoms with van der Waals surface area (Å²) in [5, 5.41) is 4.65. The van der Waals surface area contributed by atoms with Crippen molar-refractivity contribution >= 4 is 21.2 Å². The molecule has 0 saturated heterocycles. The first-order valence-corrected chi connectivity index (χ1v) is 15.6. The van der Waals surface area contributed by atoms with E-state index in [0.29, 0.717) is 66.0 Å². The summed E-state index contributed by atoms with van der Waals surface area (Å²) in [7, 11) is -3.99. The van der Waals surface area contributed by atoms with Crippen LogP contribution in [0.3, 0.4) is 0 Å². The number of fused-ring (bicyclic) bond motifs is 1. The first-order chi connectivity index (χ1) is 19.6. The molecule has 41 heavy (non-hydrogen) atoms. The molecule has 11 heteroatoms. The monoisotopic (exact) mass is 581 g/mol. The van der Waals surface area contributed by atoms with Gasteiger partial charge in [0.2, 0.25) is 0 Å². The van der Waals surface area contributed by atoms with E-state index in [4.69, 9.17) is 9.47 Å². The van der Waals surface area contributed by atoms with Crippen LogP contribution in [-0.2, 0) is 22.9 Å². The number of nitrogens with zero attached hydrogens (tertiary/aromatic N) is 3. The highest BCUT2D eigenvalue weighted by Crippen LogP contribution is 2.32. The standard InChI is InChI=1S/C30H39N5O5S/c1-7-10-27-31-20(6)28-30(36)32-29(33-35(27)28)24-18-23(12-14-26(24)39-9-3)41(37,38)34-22-11-13-25(21(8-2)17-22)40-16-15-19(4)5/h11-14,17-19,34H,7-10,15-16H2,1-6H3,(H,32,33,36). The summed E-state index contributed by atoms with van der Waals surface area (Å²) >= 11 is 0. The Hall–Kier alpha value is -3.86. The molecule has 0 atom stereocenters. The number of anilines is 1. The third-order valence-electron chi connectivity index (χ3n) is 6.68. The maximum Gasteiger partial charge on any atom is 0.277 e. The van der Waals surface area contributed by atoms with Crippen molar-refractivity contribution in [3.05, 3.63) is 63.8 Å². The molecule has 2 aromatic carbocycles. The zero-order valence-electron chi connectivity index (χ0n) is 24.6. The summed E-state index contributed by atoms with van der Waals surface area (Å²) in [6, 6.07) is 9.80. The molecular formula is C30H39N5O5S. The number of ether oxygens (including phenoxy) is 2. The van der Waals surface area contributed by atoms with E-state index in [2.05, 4.69) is 33.6 Å². The lowest BCUT2D eigenvalue weighted by Crippen LogP contribution is -2.17. The fourth-order valence-corrected chi connectivity index (χ4v) is 5.64. The first kappa shape index (κ1) is 30.1. The average molecular weight is 582 g/mol. The molecule has 0 aliphatic heterocycles. The quantitative estimate of drug-likeness (QED) is 0.212. The fraction of sp³-hybridized carbons (Fsp3) is 0.433. The van der Waals surface area contributed by atoms with Crippen molar-refractivity contribution in [1.82, 2.24) is 19.6 Å². The van der Waals surface area contributed by atoms with E-state index < -0.39 is 10.0 Å². The van der Waals surface area contributed by atoms with Crippen LogP contribution in [0.1, 0.15) is 64.5 Å². The number of rotatable bonds is 13. The third kappa shape index (κ3) is 6.73. The highest BCUT2D eigenvalue weighted by Gasteiger charge is 2.21. The Morgan fingerprint density at radius 1 is 1.05 bits per heavy atom. The van der Waals surface area contributed by atoms with Crippen molar-refractivity contribution in [1.29, 1.82) is 0 Å². The molecule has 10 nitrogen and oxygen atoms in total. The van der Waals surface area contributed by atoms with E-state index in [-0.39, 0.29) is 16.3 Å². The van der Waals surface area contributed by atoms with Gasteiger partial charge in [-0.1, -0.05) is 27.7 Å². The maximum absolute atomic E-state index is 13.5. The summed E-state index contributed by atoms with van der Waals surface area (Å²) in [6.45, 7) is 12.9. The van der Waals surface area contributed by atoms with Crippen molar-refractivity contribution in [2.24, 2.45) is 5.92 Å². The largest absolute Gasteiger partial charge is 0.493 e. The minimum atomic E-state index is -3.99. The Bertz CT molecular complexity index is 1690. The molecule has 0 bridgehead atoms. The molecule has 0 radical (unpaired) electrons. The van der Waals surface area contributed by atoms with Crippen LogP contribution < -0.4 is 19.8 Å². The molecule has 2 N–H and O–H groups in total. The minimum absolute atomic E-state index is 0.00426. The molecule has 0 unspecified atom stereocenters. The second-order valence-corrected chi connectivity index (χ2v) is 12.0. The molecule has 220 valence electrons. The second-order valence-electron chi connectivity index (χ2n) is 10.3. The van der Waals surface area contributed by atoms with Crippen LogP contribution in [0.5, 0.6) is 11.5 Å². The van der Waals surface area contributed by atoms with Gasteiger partial charge in [-0.05, 0) is 81.0 Å². The predicted molar refractivity (Wildman–Crippen MR) is 161 cm³/mol. The smallest absolute Gasteiger partial charge is 0.277 e. The Labute approximate surface area is 241 Å². The SMILES string of the molecule is CCCc1nc(C)c2c(=O)[nH]c(-c3cc(S(=O)(=O)Nc4ccc(OCCC(C)C)c(CC)c4)ccc3OCC)nn12. The number of H-pyrrole nitrogens is 1. The molecule has 0 amide bonds. The van der Waals surface area contributed by atoms with E-state index in [1.807, 2.05) is 20.8 Å². The molecule has 0 aliphatic carbocycles. The highest BCUT2D eigenvalue weighted by molar-refractivity contribution is 7.92. The van der Waals surface area contributed by atoms with Crippen molar-refractivity contribution in [3.8, 4) is 22.9 Å². The van der Waals surface area contributed by atoms with Gasteiger partial charge in [0.25, 0.3) is 15.6 Å². The van der Waals surface area contributed by atoms with Crippen LogP contribution in [0.15, 0.2) is 46.1 Å². The van der Waals surface area contributed by atoms with Gasteiger partial charge in [0, 0.05) is 12.1 Å². The van der Waals surface area contributed by atoms with E-state index in [0.717, 1.165) is 24.2 Å². The van der Waals surface area contributed by atoms with Gasteiger partial charge in [0.15, 0.2) is 11.3 Å². The van der Waals surface area contributed by atoms with Gasteiger partial charge in [-0.3, -0.25) is 9.52 Å². The molecule has 2 heterocycles. The van der Waals surface area contributed by atoms with Crippen molar-refractivity contribution in [3.63, 3.8) is 0 Å². The molecule has 2 aromatic heterocycles. The summed E-state index contributed by atoms with van der Waals surface area (Å²) in [5.41, 5.74) is 2.28. The average Bonchev–Trinajstić information content (AvgIpc) is 3.24. The number of aryl methyl sites for hydroxylation is 3. The summed E-state index contributed by atoms with van der Waals surface area (Å²) < 4.78 is 43.0. The molecular weight excluding hydrogens is 542 g/mol. The fourth-order valence-electron chi connectivity index (χ4n) is 4.56. The predicted octanol–water partition coefficient (Wildman–Crippen LogP) is 5.53. The van der Waals surface area contributed by atoms with Gasteiger partial charge in [0.1, 0.15) is 17.3 Å². The van der Waals surface area contributed by atoms with Crippen molar-refractivity contribution in [2.45, 2.75) is 72.1 Å². The number of imidazole rings is 1. The van der Waals surface area contributed by atoms with Crippen LogP contribution in [0, 0.1) is 12.8 Å². The summed E-state index contributed by atoms with van der Waals surface area (Å²) in [6.07, 6.45) is 3.10. The number of sulfonamides is 1. The summed E-state index contributed by atoms with van der Waals surface area (Å²) in [4.78, 5) is 20.4. The van der Waals surface area contributed by atoms with Crippen LogP contribution in [0.2, 0.25) is 0 Å². The van der Waals surface area contributed by atoms with Crippen LogP contribution in [0.4, 0.5) is 5.69 Å². The Kier molecular flexibility index (Phi) is 9.37. The van der Waals surface area contributed by atoms with Crippen LogP contribution in [0.25, 0.3) is 16.9 Å². The molecule has 4 aromatic rings. The first-order valence-electron chi connectivity index (χ1n) is 14.1. The second kappa shape index (κ2) is 12.8. The van der Waals surface area contributed by atoms with Gasteiger partial charge < -0.3 is 14.5 Å². The van der Waals surface area contributed by atoms with Crippen molar-refractivity contribution < 1.29 is 17.9 Å². The number of nitrogens with one attached hydrogen (secondary N) is 2. The van der Waals surface area contributed by atoms with Gasteiger partial charge >= 0.3 is 0 Å². The Morgan fingerprint density at radius 3 is 2.49 bits per heavy atom. The van der Waals surface area contributed by atoms with Gasteiger partial charge in [-0.15, -0.1) is 5.10 Å². The van der Waals surface area contributed by atoms with E-state index in [1.165, 1.54) is 12.1 Å². The Morgan fingerprint density at radius 2 is 1.80 bits per heavy atom. The molecule has 4 rings (SSSR count). The number of hydrogen-bond acceptors (Lipinski definition) is 7. The van der Waals surface area contributed by atoms with Crippen LogP contribution >= 0.6 is 0 Å². The normalized spacial score (nSPS) is 11.8. The minimum Gasteiger partial charge on any atom is -0.493 e. The lowest BCUT2D eigenvalue weighted by Gasteiger charge is -2.15. The number of hydrogen-bond donors (Lipinski definition) is 2. The molecule has 0 fully saturated rings. The molecule has 0 saturated carbocycles. The topological polar surface area (TPSA) is 128 Å². The lowest BCUT2D eigenvalue weighted by molar-refractivity contribution is 0.287. The number of benzene rings is 2. The number of aromatic amines is 1. The van der Waals surface area contributed by atoms with Crippen molar-refractivity contribution in [2.75, 3.05) is 17.9 Å². The van der Waals surface area contributed by atoms with E-state index >= 15 is 0 Å².